The van der Waals surface area contributed by atoms with Gasteiger partial charge in [0.1, 0.15) is 0 Å². The molecule has 1 fully saturated rings. The minimum Gasteiger partial charge on any atom is -0.329 e. The fourth-order valence-corrected chi connectivity index (χ4v) is 3.27. The molecule has 1 rings (SSSR count). The Kier molecular flexibility index (Phi) is 4.60. The van der Waals surface area contributed by atoms with E-state index in [4.69, 9.17) is 5.73 Å². The van der Waals surface area contributed by atoms with E-state index >= 15 is 0 Å². The van der Waals surface area contributed by atoms with Crippen LogP contribution in [0.15, 0.2) is 0 Å². The lowest BCUT2D eigenvalue weighted by Crippen LogP contribution is -2.55. The Bertz CT molecular complexity index is 193. The van der Waals surface area contributed by atoms with Crippen molar-refractivity contribution in [1.29, 1.82) is 0 Å². The Labute approximate surface area is 95.2 Å². The second kappa shape index (κ2) is 5.31. The molecule has 1 aliphatic carbocycles. The molecular formula is C13H28N2. The summed E-state index contributed by atoms with van der Waals surface area (Å²) in [6, 6.07) is 0.670. The molecule has 2 N–H and O–H groups in total. The molecule has 90 valence electrons. The van der Waals surface area contributed by atoms with Crippen LogP contribution >= 0.6 is 0 Å². The molecule has 0 spiro atoms. The Morgan fingerprint density at radius 3 is 2.47 bits per heavy atom. The van der Waals surface area contributed by atoms with Gasteiger partial charge < -0.3 is 5.73 Å². The summed E-state index contributed by atoms with van der Waals surface area (Å²) in [5.74, 6) is 0.853. The largest absolute Gasteiger partial charge is 0.329 e. The monoisotopic (exact) mass is 212 g/mol. The van der Waals surface area contributed by atoms with Crippen LogP contribution in [0.25, 0.3) is 0 Å². The molecule has 3 unspecified atom stereocenters. The molecule has 0 aliphatic heterocycles. The van der Waals surface area contributed by atoms with Crippen molar-refractivity contribution >= 4 is 0 Å². The van der Waals surface area contributed by atoms with Gasteiger partial charge in [0.15, 0.2) is 0 Å². The van der Waals surface area contributed by atoms with E-state index in [9.17, 15) is 0 Å². The van der Waals surface area contributed by atoms with E-state index in [0.29, 0.717) is 11.6 Å². The maximum atomic E-state index is 6.06. The number of rotatable bonds is 5. The van der Waals surface area contributed by atoms with Gasteiger partial charge in [0.2, 0.25) is 0 Å². The maximum Gasteiger partial charge on any atom is 0.0337 e. The number of hydrogen-bond acceptors (Lipinski definition) is 2. The second-order valence-electron chi connectivity index (χ2n) is 5.32. The zero-order valence-electron chi connectivity index (χ0n) is 10.9. The predicted molar refractivity (Wildman–Crippen MR) is 66.9 cm³/mol. The fourth-order valence-electron chi connectivity index (χ4n) is 3.27. The highest BCUT2D eigenvalue weighted by Crippen LogP contribution is 2.39. The molecule has 0 aromatic heterocycles. The minimum absolute atomic E-state index is 0.309. The van der Waals surface area contributed by atoms with Gasteiger partial charge in [-0.05, 0) is 45.1 Å². The zero-order chi connectivity index (χ0) is 11.5. The van der Waals surface area contributed by atoms with E-state index < -0.39 is 0 Å². The van der Waals surface area contributed by atoms with E-state index in [0.717, 1.165) is 19.0 Å². The number of nitrogens with zero attached hydrogens (tertiary/aromatic N) is 1. The van der Waals surface area contributed by atoms with Crippen molar-refractivity contribution in [3.8, 4) is 0 Å². The third-order valence-corrected chi connectivity index (χ3v) is 4.28. The molecule has 0 aromatic rings. The average Bonchev–Trinajstić information content (AvgIpc) is 2.62. The molecule has 1 saturated carbocycles. The molecule has 0 amide bonds. The van der Waals surface area contributed by atoms with Crippen LogP contribution in [0.2, 0.25) is 0 Å². The zero-order valence-corrected chi connectivity index (χ0v) is 10.9. The Morgan fingerprint density at radius 1 is 1.47 bits per heavy atom. The summed E-state index contributed by atoms with van der Waals surface area (Å²) in [5.41, 5.74) is 6.37. The van der Waals surface area contributed by atoms with Crippen LogP contribution in [0.1, 0.15) is 53.4 Å². The normalized spacial score (nSPS) is 33.6. The summed E-state index contributed by atoms with van der Waals surface area (Å²) in [4.78, 5) is 2.65. The molecule has 2 nitrogen and oxygen atoms in total. The fraction of sp³-hybridized carbons (Fsp3) is 1.00. The average molecular weight is 212 g/mol. The quantitative estimate of drug-likeness (QED) is 0.759. The Morgan fingerprint density at radius 2 is 2.13 bits per heavy atom. The van der Waals surface area contributed by atoms with Crippen molar-refractivity contribution in [3.05, 3.63) is 0 Å². The van der Waals surface area contributed by atoms with Gasteiger partial charge in [-0.25, -0.2) is 0 Å². The third kappa shape index (κ3) is 2.54. The third-order valence-electron chi connectivity index (χ3n) is 4.28. The van der Waals surface area contributed by atoms with Gasteiger partial charge in [-0.2, -0.15) is 0 Å². The van der Waals surface area contributed by atoms with Crippen LogP contribution in [-0.4, -0.2) is 29.6 Å². The lowest BCUT2D eigenvalue weighted by molar-refractivity contribution is 0.0601. The first-order valence-corrected chi connectivity index (χ1v) is 6.56. The first-order chi connectivity index (χ1) is 7.09. The molecule has 1 aliphatic rings. The van der Waals surface area contributed by atoms with Crippen LogP contribution in [0, 0.1) is 5.92 Å². The van der Waals surface area contributed by atoms with Gasteiger partial charge in [0.25, 0.3) is 0 Å². The van der Waals surface area contributed by atoms with Crippen LogP contribution < -0.4 is 5.73 Å². The summed E-state index contributed by atoms with van der Waals surface area (Å²) >= 11 is 0. The van der Waals surface area contributed by atoms with E-state index in [-0.39, 0.29) is 0 Å². The van der Waals surface area contributed by atoms with Crippen molar-refractivity contribution in [1.82, 2.24) is 4.90 Å². The maximum absolute atomic E-state index is 6.06. The SMILES string of the molecule is CCC(C)N(CC)C1(CN)CCC(C)C1. The molecule has 0 saturated heterocycles. The second-order valence-corrected chi connectivity index (χ2v) is 5.32. The van der Waals surface area contributed by atoms with Crippen molar-refractivity contribution in [2.45, 2.75) is 65.0 Å². The van der Waals surface area contributed by atoms with Crippen LogP contribution in [-0.2, 0) is 0 Å². The smallest absolute Gasteiger partial charge is 0.0337 e. The van der Waals surface area contributed by atoms with Gasteiger partial charge >= 0.3 is 0 Å². The summed E-state index contributed by atoms with van der Waals surface area (Å²) in [6.45, 7) is 11.2. The summed E-state index contributed by atoms with van der Waals surface area (Å²) in [5, 5.41) is 0. The summed E-state index contributed by atoms with van der Waals surface area (Å²) < 4.78 is 0. The van der Waals surface area contributed by atoms with Crippen LogP contribution in [0.4, 0.5) is 0 Å². The minimum atomic E-state index is 0.309. The van der Waals surface area contributed by atoms with Gasteiger partial charge in [-0.1, -0.05) is 20.8 Å². The molecular weight excluding hydrogens is 184 g/mol. The molecule has 0 aromatic carbocycles. The molecule has 15 heavy (non-hydrogen) atoms. The highest BCUT2D eigenvalue weighted by atomic mass is 15.2. The number of likely N-dealkylation sites (N-methyl/N-ethyl adjacent to an activating group) is 1. The standard InChI is InChI=1S/C13H28N2/c1-5-12(4)15(6-2)13(10-14)8-7-11(3)9-13/h11-12H,5-10,14H2,1-4H3. The van der Waals surface area contributed by atoms with Gasteiger partial charge in [0, 0.05) is 18.1 Å². The lowest BCUT2D eigenvalue weighted by Gasteiger charge is -2.44. The van der Waals surface area contributed by atoms with Crippen molar-refractivity contribution in [2.75, 3.05) is 13.1 Å². The Balaban J connectivity index is 2.78. The predicted octanol–water partition coefficient (Wildman–Crippen LogP) is 2.62. The number of hydrogen-bond donors (Lipinski definition) is 1. The van der Waals surface area contributed by atoms with Crippen LogP contribution in [0.5, 0.6) is 0 Å². The van der Waals surface area contributed by atoms with Gasteiger partial charge in [0.05, 0.1) is 0 Å². The van der Waals surface area contributed by atoms with Crippen molar-refractivity contribution < 1.29 is 0 Å². The first-order valence-electron chi connectivity index (χ1n) is 6.56. The Hall–Kier alpha value is -0.0800. The van der Waals surface area contributed by atoms with Gasteiger partial charge in [-0.3, -0.25) is 4.90 Å². The molecule has 0 bridgehead atoms. The molecule has 3 atom stereocenters. The van der Waals surface area contributed by atoms with E-state index in [1.807, 2.05) is 0 Å². The van der Waals surface area contributed by atoms with E-state index in [1.54, 1.807) is 0 Å². The van der Waals surface area contributed by atoms with Crippen LogP contribution in [0.3, 0.4) is 0 Å². The van der Waals surface area contributed by atoms with E-state index in [2.05, 4.69) is 32.6 Å². The van der Waals surface area contributed by atoms with E-state index in [1.165, 1.54) is 25.7 Å². The first kappa shape index (κ1) is 13.0. The molecule has 0 heterocycles. The number of nitrogens with two attached hydrogens (primary N) is 1. The lowest BCUT2D eigenvalue weighted by atomic mass is 9.91. The van der Waals surface area contributed by atoms with Gasteiger partial charge in [-0.15, -0.1) is 0 Å². The van der Waals surface area contributed by atoms with Crippen molar-refractivity contribution in [2.24, 2.45) is 11.7 Å². The highest BCUT2D eigenvalue weighted by molar-refractivity contribution is 4.99. The topological polar surface area (TPSA) is 29.3 Å². The summed E-state index contributed by atoms with van der Waals surface area (Å²) in [7, 11) is 0. The van der Waals surface area contributed by atoms with Crippen molar-refractivity contribution in [3.63, 3.8) is 0 Å². The molecule has 2 heteroatoms. The highest BCUT2D eigenvalue weighted by Gasteiger charge is 2.41. The molecule has 0 radical (unpaired) electrons. The summed E-state index contributed by atoms with van der Waals surface area (Å²) in [6.07, 6.45) is 5.17.